The number of benzene rings is 1. The van der Waals surface area contributed by atoms with Crippen LogP contribution >= 0.6 is 11.8 Å². The molecule has 3 aromatic rings. The van der Waals surface area contributed by atoms with Gasteiger partial charge in [-0.3, -0.25) is 19.3 Å². The first kappa shape index (κ1) is 18.7. The fourth-order valence-electron chi connectivity index (χ4n) is 2.64. The summed E-state index contributed by atoms with van der Waals surface area (Å²) in [6.45, 7) is 0. The van der Waals surface area contributed by atoms with E-state index in [1.807, 2.05) is 12.3 Å². The SMILES string of the molecule is CN=C(N)c1c(SC)nc(-c2cccnc2)n(-c2ccc(OC)cc2)c1=O. The largest absolute Gasteiger partial charge is 0.497 e. The molecule has 0 radical (unpaired) electrons. The Morgan fingerprint density at radius 2 is 2.00 bits per heavy atom. The van der Waals surface area contributed by atoms with Gasteiger partial charge in [0, 0.05) is 25.0 Å². The lowest BCUT2D eigenvalue weighted by Crippen LogP contribution is -2.32. The second-order valence-corrected chi connectivity index (χ2v) is 6.30. The smallest absolute Gasteiger partial charge is 0.270 e. The number of hydrogen-bond donors (Lipinski definition) is 1. The highest BCUT2D eigenvalue weighted by Gasteiger charge is 2.21. The van der Waals surface area contributed by atoms with E-state index in [4.69, 9.17) is 15.5 Å². The highest BCUT2D eigenvalue weighted by atomic mass is 32.2. The van der Waals surface area contributed by atoms with Gasteiger partial charge in [-0.2, -0.15) is 0 Å². The Bertz CT molecular complexity index is 1030. The maximum Gasteiger partial charge on any atom is 0.270 e. The first-order chi connectivity index (χ1) is 13.1. The number of methoxy groups -OCH3 is 1. The summed E-state index contributed by atoms with van der Waals surface area (Å²) in [6.07, 6.45) is 5.19. The molecular weight excluding hydrogens is 362 g/mol. The molecule has 2 N–H and O–H groups in total. The predicted octanol–water partition coefficient (Wildman–Crippen LogP) is 2.36. The number of rotatable bonds is 5. The summed E-state index contributed by atoms with van der Waals surface area (Å²) >= 11 is 1.35. The maximum absolute atomic E-state index is 13.4. The molecule has 0 saturated heterocycles. The number of nitrogens with two attached hydrogens (primary N) is 1. The Balaban J connectivity index is 2.38. The van der Waals surface area contributed by atoms with Gasteiger partial charge in [0.15, 0.2) is 0 Å². The number of aliphatic imine (C=N–C) groups is 1. The van der Waals surface area contributed by atoms with E-state index in [0.717, 1.165) is 5.56 Å². The van der Waals surface area contributed by atoms with Crippen LogP contribution in [-0.2, 0) is 0 Å². The van der Waals surface area contributed by atoms with Gasteiger partial charge in [-0.1, -0.05) is 0 Å². The molecule has 0 atom stereocenters. The van der Waals surface area contributed by atoms with E-state index in [9.17, 15) is 4.79 Å². The van der Waals surface area contributed by atoms with Crippen molar-refractivity contribution in [3.05, 3.63) is 64.7 Å². The van der Waals surface area contributed by atoms with Gasteiger partial charge in [0.2, 0.25) is 0 Å². The molecule has 0 aliphatic rings. The second-order valence-electron chi connectivity index (χ2n) is 5.51. The summed E-state index contributed by atoms with van der Waals surface area (Å²) in [7, 11) is 3.14. The lowest BCUT2D eigenvalue weighted by Gasteiger charge is -2.16. The summed E-state index contributed by atoms with van der Waals surface area (Å²) in [5.41, 5.74) is 7.36. The van der Waals surface area contributed by atoms with E-state index < -0.39 is 0 Å². The van der Waals surface area contributed by atoms with Crippen molar-refractivity contribution >= 4 is 17.6 Å². The molecule has 2 aromatic heterocycles. The van der Waals surface area contributed by atoms with Crippen molar-refractivity contribution in [3.63, 3.8) is 0 Å². The van der Waals surface area contributed by atoms with Crippen LogP contribution in [0, 0.1) is 0 Å². The molecule has 27 heavy (non-hydrogen) atoms. The van der Waals surface area contributed by atoms with Gasteiger partial charge in [-0.05, 0) is 42.7 Å². The van der Waals surface area contributed by atoms with Gasteiger partial charge in [0.1, 0.15) is 28.0 Å². The van der Waals surface area contributed by atoms with Crippen molar-refractivity contribution in [2.75, 3.05) is 20.4 Å². The van der Waals surface area contributed by atoms with E-state index in [2.05, 4.69) is 9.98 Å². The van der Waals surface area contributed by atoms with Crippen LogP contribution in [0.3, 0.4) is 0 Å². The van der Waals surface area contributed by atoms with Crippen LogP contribution in [0.2, 0.25) is 0 Å². The standard InChI is InChI=1S/C19H19N5O2S/c1-21-16(20)15-18(27-3)23-17(12-5-4-10-22-11-12)24(19(15)25)13-6-8-14(26-2)9-7-13/h4-11H,1-3H3,(H2,20,21). The molecule has 0 bridgehead atoms. The van der Waals surface area contributed by atoms with E-state index >= 15 is 0 Å². The third-order valence-electron chi connectivity index (χ3n) is 3.99. The third kappa shape index (κ3) is 3.56. The molecule has 0 aliphatic carbocycles. The number of pyridine rings is 1. The van der Waals surface area contributed by atoms with Crippen LogP contribution in [0.5, 0.6) is 5.75 Å². The first-order valence-corrected chi connectivity index (χ1v) is 9.31. The van der Waals surface area contributed by atoms with Gasteiger partial charge in [-0.25, -0.2) is 4.98 Å². The highest BCUT2D eigenvalue weighted by Crippen LogP contribution is 2.25. The molecule has 0 saturated carbocycles. The summed E-state index contributed by atoms with van der Waals surface area (Å²) < 4.78 is 6.73. The Morgan fingerprint density at radius 3 is 2.56 bits per heavy atom. The molecule has 3 rings (SSSR count). The topological polar surface area (TPSA) is 95.4 Å². The van der Waals surface area contributed by atoms with Crippen molar-refractivity contribution < 1.29 is 4.74 Å². The predicted molar refractivity (Wildman–Crippen MR) is 108 cm³/mol. The number of ether oxygens (including phenoxy) is 1. The van der Waals surface area contributed by atoms with Crippen molar-refractivity contribution in [2.45, 2.75) is 5.03 Å². The van der Waals surface area contributed by atoms with E-state index in [1.165, 1.54) is 16.3 Å². The quantitative estimate of drug-likeness (QED) is 0.315. The Labute approximate surface area is 161 Å². The summed E-state index contributed by atoms with van der Waals surface area (Å²) in [5.74, 6) is 1.32. The van der Waals surface area contributed by atoms with Gasteiger partial charge < -0.3 is 10.5 Å². The zero-order chi connectivity index (χ0) is 19.4. The first-order valence-electron chi connectivity index (χ1n) is 8.09. The van der Waals surface area contributed by atoms with Crippen LogP contribution in [0.4, 0.5) is 0 Å². The van der Waals surface area contributed by atoms with Crippen molar-refractivity contribution in [1.82, 2.24) is 14.5 Å². The fraction of sp³-hybridized carbons (Fsp3) is 0.158. The van der Waals surface area contributed by atoms with E-state index in [0.29, 0.717) is 22.3 Å². The number of hydrogen-bond acceptors (Lipinski definition) is 6. The molecule has 0 unspecified atom stereocenters. The lowest BCUT2D eigenvalue weighted by atomic mass is 10.2. The van der Waals surface area contributed by atoms with Crippen LogP contribution in [-0.4, -0.2) is 40.8 Å². The minimum Gasteiger partial charge on any atom is -0.497 e. The van der Waals surface area contributed by atoms with Crippen LogP contribution in [0.25, 0.3) is 17.1 Å². The number of amidine groups is 1. The van der Waals surface area contributed by atoms with Gasteiger partial charge in [0.25, 0.3) is 5.56 Å². The zero-order valence-corrected chi connectivity index (χ0v) is 16.0. The van der Waals surface area contributed by atoms with Gasteiger partial charge >= 0.3 is 0 Å². The Kier molecular flexibility index (Phi) is 5.56. The second kappa shape index (κ2) is 8.05. The number of nitrogens with zero attached hydrogens (tertiary/aromatic N) is 4. The molecule has 2 heterocycles. The normalized spacial score (nSPS) is 11.4. The maximum atomic E-state index is 13.4. The Morgan fingerprint density at radius 1 is 1.26 bits per heavy atom. The van der Waals surface area contributed by atoms with Crippen molar-refractivity contribution in [2.24, 2.45) is 10.7 Å². The molecule has 1 aromatic carbocycles. The van der Waals surface area contributed by atoms with Gasteiger partial charge in [0.05, 0.1) is 12.8 Å². The average molecular weight is 381 g/mol. The summed E-state index contributed by atoms with van der Waals surface area (Å²) in [5, 5.41) is 0.520. The molecule has 0 spiro atoms. The van der Waals surface area contributed by atoms with Crippen LogP contribution in [0.15, 0.2) is 63.6 Å². The van der Waals surface area contributed by atoms with E-state index in [-0.39, 0.29) is 17.0 Å². The highest BCUT2D eigenvalue weighted by molar-refractivity contribution is 7.98. The minimum atomic E-state index is -0.290. The summed E-state index contributed by atoms with van der Waals surface area (Å²) in [4.78, 5) is 26.2. The molecule has 0 aliphatic heterocycles. The molecule has 0 amide bonds. The molecule has 138 valence electrons. The Hall–Kier alpha value is -3.13. The lowest BCUT2D eigenvalue weighted by molar-refractivity contribution is 0.414. The zero-order valence-electron chi connectivity index (χ0n) is 15.2. The third-order valence-corrected chi connectivity index (χ3v) is 4.67. The molecule has 0 fully saturated rings. The fourth-order valence-corrected chi connectivity index (χ4v) is 3.21. The molecule has 8 heteroatoms. The van der Waals surface area contributed by atoms with Crippen molar-refractivity contribution in [1.29, 1.82) is 0 Å². The monoisotopic (exact) mass is 381 g/mol. The van der Waals surface area contributed by atoms with Crippen molar-refractivity contribution in [3.8, 4) is 22.8 Å². The number of thioether (sulfide) groups is 1. The van der Waals surface area contributed by atoms with Crippen LogP contribution < -0.4 is 16.0 Å². The van der Waals surface area contributed by atoms with Gasteiger partial charge in [-0.15, -0.1) is 11.8 Å². The van der Waals surface area contributed by atoms with Crippen LogP contribution in [0.1, 0.15) is 5.56 Å². The summed E-state index contributed by atoms with van der Waals surface area (Å²) in [6, 6.07) is 10.8. The molecular formula is C19H19N5O2S. The molecule has 7 nitrogen and oxygen atoms in total. The minimum absolute atomic E-state index is 0.150. The average Bonchev–Trinajstić information content (AvgIpc) is 2.73. The van der Waals surface area contributed by atoms with E-state index in [1.54, 1.807) is 56.9 Å². The number of aromatic nitrogens is 3.